The van der Waals surface area contributed by atoms with Crippen LogP contribution >= 0.6 is 0 Å². The molecule has 0 spiro atoms. The first-order chi connectivity index (χ1) is 17.2. The number of alkyl halides is 3. The van der Waals surface area contributed by atoms with E-state index in [1.165, 1.54) is 24.3 Å². The normalized spacial score (nSPS) is 17.7. The van der Waals surface area contributed by atoms with Crippen molar-refractivity contribution >= 4 is 5.97 Å². The Morgan fingerprint density at radius 2 is 1.42 bits per heavy atom. The van der Waals surface area contributed by atoms with Crippen LogP contribution in [0.15, 0.2) is 78.9 Å². The third-order valence-electron chi connectivity index (χ3n) is 6.43. The molecule has 0 aromatic heterocycles. The predicted molar refractivity (Wildman–Crippen MR) is 132 cm³/mol. The molecule has 4 rings (SSSR count). The van der Waals surface area contributed by atoms with Gasteiger partial charge in [-0.15, -0.1) is 0 Å². The predicted octanol–water partition coefficient (Wildman–Crippen LogP) is 7.57. The molecule has 1 fully saturated rings. The number of rotatable bonds is 7. The molecule has 3 nitrogen and oxygen atoms in total. The highest BCUT2D eigenvalue weighted by Gasteiger charge is 2.30. The van der Waals surface area contributed by atoms with Crippen LogP contribution in [0.1, 0.15) is 60.3 Å². The molecule has 0 aliphatic heterocycles. The zero-order chi connectivity index (χ0) is 26.0. The van der Waals surface area contributed by atoms with Gasteiger partial charge in [0.15, 0.2) is 0 Å². The van der Waals surface area contributed by atoms with Crippen molar-refractivity contribution in [2.45, 2.75) is 57.3 Å². The van der Waals surface area contributed by atoms with Crippen LogP contribution in [0, 0.1) is 11.7 Å². The van der Waals surface area contributed by atoms with Crippen LogP contribution in [-0.2, 0) is 24.1 Å². The van der Waals surface area contributed by atoms with Gasteiger partial charge in [0, 0.05) is 19.5 Å². The first-order valence-corrected chi connectivity index (χ1v) is 12.1. The molecule has 0 radical (unpaired) electrons. The van der Waals surface area contributed by atoms with Gasteiger partial charge in [0.25, 0.3) is 0 Å². The van der Waals surface area contributed by atoms with Crippen molar-refractivity contribution in [3.63, 3.8) is 0 Å². The van der Waals surface area contributed by atoms with Crippen LogP contribution in [0.25, 0.3) is 0 Å². The number of carbonyl (C=O) groups is 1. The van der Waals surface area contributed by atoms with Gasteiger partial charge in [-0.2, -0.15) is 13.2 Å². The molecule has 192 valence electrons. The Bertz CT molecular complexity index is 1070. The first kappa shape index (κ1) is 27.4. The summed E-state index contributed by atoms with van der Waals surface area (Å²) in [7, 11) is 0. The maximum absolute atomic E-state index is 12.9. The van der Waals surface area contributed by atoms with E-state index < -0.39 is 17.7 Å². The van der Waals surface area contributed by atoms with E-state index >= 15 is 0 Å². The summed E-state index contributed by atoms with van der Waals surface area (Å²) in [5.41, 5.74) is 2.45. The van der Waals surface area contributed by atoms with Gasteiger partial charge in [0.05, 0.1) is 5.56 Å². The molecule has 7 heteroatoms. The Hall–Kier alpha value is -3.19. The zero-order valence-corrected chi connectivity index (χ0v) is 20.0. The molecule has 1 unspecified atom stereocenters. The number of hydrogen-bond donors (Lipinski definition) is 2. The van der Waals surface area contributed by atoms with Crippen LogP contribution in [0.3, 0.4) is 0 Å². The smallest absolute Gasteiger partial charge is 0.416 e. The van der Waals surface area contributed by atoms with E-state index in [2.05, 4.69) is 5.32 Å². The lowest BCUT2D eigenvalue weighted by atomic mass is 9.74. The lowest BCUT2D eigenvalue weighted by Gasteiger charge is -2.31. The summed E-state index contributed by atoms with van der Waals surface area (Å²) in [6.07, 6.45) is 0.184. The molecule has 1 aliphatic rings. The minimum absolute atomic E-state index is 0.201. The quantitative estimate of drug-likeness (QED) is 0.328. The second kappa shape index (κ2) is 13.2. The molecule has 2 atom stereocenters. The van der Waals surface area contributed by atoms with Gasteiger partial charge >= 0.3 is 12.1 Å². The third kappa shape index (κ3) is 8.79. The van der Waals surface area contributed by atoms with Crippen molar-refractivity contribution in [1.82, 2.24) is 5.32 Å². The lowest BCUT2D eigenvalue weighted by Crippen LogP contribution is -2.20. The molecule has 1 saturated carbocycles. The Balaban J connectivity index is 0.000000202. The number of hydrogen-bond acceptors (Lipinski definition) is 2. The lowest BCUT2D eigenvalue weighted by molar-refractivity contribution is -0.139. The van der Waals surface area contributed by atoms with Gasteiger partial charge in [0.2, 0.25) is 0 Å². The van der Waals surface area contributed by atoms with Gasteiger partial charge < -0.3 is 10.4 Å². The Labute approximate surface area is 209 Å². The summed E-state index contributed by atoms with van der Waals surface area (Å²) in [4.78, 5) is 10.8. The number of aliphatic carboxylic acids is 1. The number of carboxylic acid groups (broad SMARTS) is 1. The molecule has 3 aromatic carbocycles. The SMILES string of the molecule is FC(F)(F)c1ccc(CNCc2ccccc2)cc1.O=C(O)C[C@H]1CCCCC1c1ccc(F)cc1. The summed E-state index contributed by atoms with van der Waals surface area (Å²) in [6, 6.07) is 21.6. The van der Waals surface area contributed by atoms with Crippen LogP contribution < -0.4 is 5.32 Å². The number of nitrogens with one attached hydrogen (secondary N) is 1. The fourth-order valence-electron chi connectivity index (χ4n) is 4.58. The number of carboxylic acids is 1. The van der Waals surface area contributed by atoms with Crippen LogP contribution in [0.5, 0.6) is 0 Å². The summed E-state index contributed by atoms with van der Waals surface area (Å²) in [6.45, 7) is 1.24. The molecular weight excluding hydrogens is 470 g/mol. The van der Waals surface area contributed by atoms with Crippen molar-refractivity contribution in [2.75, 3.05) is 0 Å². The summed E-state index contributed by atoms with van der Waals surface area (Å²) >= 11 is 0. The van der Waals surface area contributed by atoms with Gasteiger partial charge in [-0.25, -0.2) is 4.39 Å². The minimum Gasteiger partial charge on any atom is -0.481 e. The first-order valence-electron chi connectivity index (χ1n) is 12.1. The van der Waals surface area contributed by atoms with E-state index in [4.69, 9.17) is 5.11 Å². The third-order valence-corrected chi connectivity index (χ3v) is 6.43. The summed E-state index contributed by atoms with van der Waals surface area (Å²) < 4.78 is 50.0. The Morgan fingerprint density at radius 1 is 0.833 bits per heavy atom. The van der Waals surface area contributed by atoms with Gasteiger partial charge in [-0.05, 0) is 65.6 Å². The van der Waals surface area contributed by atoms with E-state index in [0.29, 0.717) is 13.1 Å². The molecule has 1 aliphatic carbocycles. The number of benzene rings is 3. The maximum atomic E-state index is 12.9. The van der Waals surface area contributed by atoms with Crippen LogP contribution in [-0.4, -0.2) is 11.1 Å². The van der Waals surface area contributed by atoms with Gasteiger partial charge in [0.1, 0.15) is 5.82 Å². The highest BCUT2D eigenvalue weighted by atomic mass is 19.4. The Morgan fingerprint density at radius 3 is 2.00 bits per heavy atom. The standard InChI is InChI=1S/C15H14F3N.C14H17FO2/c16-15(17,18)14-8-6-13(7-9-14)11-19-10-12-4-2-1-3-5-12;15-12-7-5-10(6-8-12)13-4-2-1-3-11(13)9-14(16)17/h1-9,19H,10-11H2;5-8,11,13H,1-4,9H2,(H,16,17)/t;11-,13?/m.1/s1. The highest BCUT2D eigenvalue weighted by molar-refractivity contribution is 5.67. The Kier molecular flexibility index (Phi) is 10.1. The van der Waals surface area contributed by atoms with Crippen molar-refractivity contribution in [3.05, 3.63) is 107 Å². The van der Waals surface area contributed by atoms with E-state index in [0.717, 1.165) is 54.5 Å². The van der Waals surface area contributed by atoms with E-state index in [1.54, 1.807) is 12.1 Å². The second-order valence-electron chi connectivity index (χ2n) is 9.08. The molecule has 36 heavy (non-hydrogen) atoms. The topological polar surface area (TPSA) is 49.3 Å². The fourth-order valence-corrected chi connectivity index (χ4v) is 4.58. The average molecular weight is 502 g/mol. The van der Waals surface area contributed by atoms with Crippen molar-refractivity contribution in [1.29, 1.82) is 0 Å². The molecule has 0 saturated heterocycles. The fraction of sp³-hybridized carbons (Fsp3) is 0.345. The molecular formula is C29H31F4NO2. The summed E-state index contributed by atoms with van der Waals surface area (Å²) in [5.74, 6) is -0.490. The van der Waals surface area contributed by atoms with E-state index in [9.17, 15) is 22.4 Å². The van der Waals surface area contributed by atoms with E-state index in [-0.39, 0.29) is 24.1 Å². The summed E-state index contributed by atoms with van der Waals surface area (Å²) in [5, 5.41) is 12.1. The second-order valence-corrected chi connectivity index (χ2v) is 9.08. The van der Waals surface area contributed by atoms with E-state index in [1.807, 2.05) is 30.3 Å². The largest absolute Gasteiger partial charge is 0.481 e. The van der Waals surface area contributed by atoms with Crippen molar-refractivity contribution < 1.29 is 27.5 Å². The molecule has 2 N–H and O–H groups in total. The minimum atomic E-state index is -4.27. The van der Waals surface area contributed by atoms with Crippen LogP contribution in [0.2, 0.25) is 0 Å². The monoisotopic (exact) mass is 501 g/mol. The molecule has 0 amide bonds. The number of halogens is 4. The van der Waals surface area contributed by atoms with Crippen molar-refractivity contribution in [3.8, 4) is 0 Å². The zero-order valence-electron chi connectivity index (χ0n) is 20.0. The highest BCUT2D eigenvalue weighted by Crippen LogP contribution is 2.39. The van der Waals surface area contributed by atoms with Crippen LogP contribution in [0.4, 0.5) is 17.6 Å². The van der Waals surface area contributed by atoms with Gasteiger partial charge in [-0.1, -0.05) is 67.4 Å². The maximum Gasteiger partial charge on any atom is 0.416 e. The van der Waals surface area contributed by atoms with Gasteiger partial charge in [-0.3, -0.25) is 4.79 Å². The molecule has 0 bridgehead atoms. The average Bonchev–Trinajstić information content (AvgIpc) is 2.86. The molecule has 3 aromatic rings. The van der Waals surface area contributed by atoms with Crippen molar-refractivity contribution in [2.24, 2.45) is 5.92 Å². The molecule has 0 heterocycles.